The molecule has 0 atom stereocenters. The van der Waals surface area contributed by atoms with Gasteiger partial charge in [-0.25, -0.2) is 4.98 Å². The van der Waals surface area contributed by atoms with Crippen LogP contribution in [0, 0.1) is 0 Å². The molecule has 0 amide bonds. The van der Waals surface area contributed by atoms with Gasteiger partial charge in [-0.2, -0.15) is 4.57 Å². The Labute approximate surface area is 184 Å². The second-order valence-corrected chi connectivity index (χ2v) is 8.72. The van der Waals surface area contributed by atoms with E-state index in [1.807, 2.05) is 11.6 Å². The molecule has 146 valence electrons. The normalized spacial score (nSPS) is 10.8. The Morgan fingerprint density at radius 2 is 1.43 bits per heavy atom. The van der Waals surface area contributed by atoms with E-state index in [0.29, 0.717) is 0 Å². The molecule has 0 aliphatic heterocycles. The van der Waals surface area contributed by atoms with E-state index < -0.39 is 0 Å². The second-order valence-electron chi connectivity index (χ2n) is 6.93. The summed E-state index contributed by atoms with van der Waals surface area (Å²) in [5.41, 5.74) is 5.71. The van der Waals surface area contributed by atoms with Crippen LogP contribution in [0.15, 0.2) is 102 Å². The van der Waals surface area contributed by atoms with E-state index in [-0.39, 0.29) is 0 Å². The summed E-state index contributed by atoms with van der Waals surface area (Å²) >= 11 is 3.41. The number of anilines is 3. The molecule has 0 aliphatic rings. The first-order valence-corrected chi connectivity index (χ1v) is 11.4. The molecule has 5 rings (SSSR count). The fourth-order valence-electron chi connectivity index (χ4n) is 3.56. The summed E-state index contributed by atoms with van der Waals surface area (Å²) in [6.07, 6.45) is 3.95. The van der Waals surface area contributed by atoms with Crippen molar-refractivity contribution in [1.29, 1.82) is 0 Å². The maximum Gasteiger partial charge on any atom is 0.268 e. The molecule has 3 nitrogen and oxygen atoms in total. The second kappa shape index (κ2) is 8.22. The van der Waals surface area contributed by atoms with E-state index >= 15 is 0 Å². The molecule has 0 unspecified atom stereocenters. The number of aromatic nitrogens is 2. The molecule has 0 fully saturated rings. The predicted octanol–water partition coefficient (Wildman–Crippen LogP) is 6.83. The molecule has 0 saturated carbocycles. The van der Waals surface area contributed by atoms with Crippen molar-refractivity contribution < 1.29 is 4.57 Å². The zero-order valence-corrected chi connectivity index (χ0v) is 18.1. The van der Waals surface area contributed by atoms with Crippen LogP contribution in [0.4, 0.5) is 17.1 Å². The van der Waals surface area contributed by atoms with Gasteiger partial charge >= 0.3 is 0 Å². The maximum absolute atomic E-state index is 4.49. The summed E-state index contributed by atoms with van der Waals surface area (Å²) in [6.45, 7) is 0. The molecular formula is C25H20N3S2+. The van der Waals surface area contributed by atoms with E-state index in [2.05, 4.69) is 112 Å². The first-order valence-electron chi connectivity index (χ1n) is 9.68. The number of hydrogen-bond acceptors (Lipinski definition) is 4. The molecule has 2 heterocycles. The lowest BCUT2D eigenvalue weighted by atomic mass is 10.1. The lowest BCUT2D eigenvalue weighted by Crippen LogP contribution is -2.26. The fourth-order valence-corrected chi connectivity index (χ4v) is 5.05. The Bertz CT molecular complexity index is 1260. The van der Waals surface area contributed by atoms with E-state index in [1.54, 1.807) is 22.7 Å². The van der Waals surface area contributed by atoms with Crippen molar-refractivity contribution in [3.05, 3.63) is 102 Å². The molecule has 0 saturated heterocycles. The van der Waals surface area contributed by atoms with Crippen LogP contribution in [-0.2, 0) is 7.05 Å². The minimum Gasteiger partial charge on any atom is -0.310 e. The van der Waals surface area contributed by atoms with Gasteiger partial charge in [0.05, 0.1) is 10.9 Å². The molecule has 30 heavy (non-hydrogen) atoms. The van der Waals surface area contributed by atoms with Crippen molar-refractivity contribution in [1.82, 2.24) is 4.98 Å². The first-order chi connectivity index (χ1) is 14.8. The Kier molecular flexibility index (Phi) is 5.13. The van der Waals surface area contributed by atoms with E-state index in [9.17, 15) is 0 Å². The molecule has 0 radical (unpaired) electrons. The van der Waals surface area contributed by atoms with Gasteiger partial charge in [0.25, 0.3) is 5.01 Å². The van der Waals surface area contributed by atoms with Gasteiger partial charge < -0.3 is 4.90 Å². The van der Waals surface area contributed by atoms with Gasteiger partial charge in [0.1, 0.15) is 12.1 Å². The van der Waals surface area contributed by atoms with Crippen LogP contribution in [0.3, 0.4) is 0 Å². The average Bonchev–Trinajstić information content (AvgIpc) is 3.47. The number of aryl methyl sites for hydroxylation is 1. The highest BCUT2D eigenvalue weighted by Crippen LogP contribution is 2.38. The third-order valence-electron chi connectivity index (χ3n) is 4.93. The Morgan fingerprint density at radius 1 is 0.733 bits per heavy atom. The molecule has 0 aliphatic carbocycles. The van der Waals surface area contributed by atoms with Gasteiger partial charge in [0.2, 0.25) is 0 Å². The molecule has 5 aromatic rings. The molecule has 3 aromatic carbocycles. The zero-order chi connectivity index (χ0) is 20.3. The SMILES string of the molecule is C[n+]1ccsc1-c1cccc(N(c2ccccc2)c2cccc(-c3nccs3)c2)c1. The third-order valence-corrected chi connectivity index (χ3v) is 6.76. The number of para-hydroxylation sites is 1. The molecule has 0 spiro atoms. The van der Waals surface area contributed by atoms with Crippen molar-refractivity contribution in [2.75, 3.05) is 4.90 Å². The summed E-state index contributed by atoms with van der Waals surface area (Å²) < 4.78 is 2.17. The summed E-state index contributed by atoms with van der Waals surface area (Å²) in [5.74, 6) is 0. The highest BCUT2D eigenvalue weighted by Gasteiger charge is 2.17. The Morgan fingerprint density at radius 3 is 2.10 bits per heavy atom. The number of nitrogens with zero attached hydrogens (tertiary/aromatic N) is 3. The highest BCUT2D eigenvalue weighted by atomic mass is 32.1. The van der Waals surface area contributed by atoms with Crippen molar-refractivity contribution in [2.24, 2.45) is 7.05 Å². The minimum absolute atomic E-state index is 1.03. The van der Waals surface area contributed by atoms with Gasteiger partial charge in [-0.15, -0.1) is 11.3 Å². The van der Waals surface area contributed by atoms with Gasteiger partial charge in [-0.1, -0.05) is 47.7 Å². The summed E-state index contributed by atoms with van der Waals surface area (Å²) in [7, 11) is 2.09. The number of thiazole rings is 2. The van der Waals surface area contributed by atoms with Crippen molar-refractivity contribution in [3.8, 4) is 21.1 Å². The van der Waals surface area contributed by atoms with Crippen molar-refractivity contribution in [2.45, 2.75) is 0 Å². The van der Waals surface area contributed by atoms with Crippen LogP contribution < -0.4 is 9.47 Å². The van der Waals surface area contributed by atoms with Gasteiger partial charge in [-0.05, 0) is 42.5 Å². The average molecular weight is 427 g/mol. The van der Waals surface area contributed by atoms with Crippen molar-refractivity contribution in [3.63, 3.8) is 0 Å². The van der Waals surface area contributed by atoms with E-state index in [0.717, 1.165) is 27.6 Å². The molecule has 0 N–H and O–H groups in total. The quantitative estimate of drug-likeness (QED) is 0.287. The molecular weight excluding hydrogens is 406 g/mol. The van der Waals surface area contributed by atoms with Crippen LogP contribution in [-0.4, -0.2) is 4.98 Å². The number of rotatable bonds is 5. The van der Waals surface area contributed by atoms with Gasteiger partial charge in [-0.3, -0.25) is 0 Å². The van der Waals surface area contributed by atoms with Crippen LogP contribution in [0.1, 0.15) is 0 Å². The van der Waals surface area contributed by atoms with E-state index in [1.165, 1.54) is 10.6 Å². The number of benzene rings is 3. The Balaban J connectivity index is 1.65. The molecule has 2 aromatic heterocycles. The van der Waals surface area contributed by atoms with Crippen LogP contribution >= 0.6 is 22.7 Å². The monoisotopic (exact) mass is 426 g/mol. The van der Waals surface area contributed by atoms with Gasteiger partial charge in [0.15, 0.2) is 6.20 Å². The smallest absolute Gasteiger partial charge is 0.268 e. The van der Waals surface area contributed by atoms with Crippen LogP contribution in [0.25, 0.3) is 21.1 Å². The topological polar surface area (TPSA) is 20.0 Å². The molecule has 0 bridgehead atoms. The standard InChI is InChI=1S/C25H20N3S2/c1-27-14-16-30-25(27)20-8-6-12-23(18-20)28(21-9-3-2-4-10-21)22-11-5-7-19(17-22)24-26-13-15-29-24/h2-18H,1H3/q+1. The van der Waals surface area contributed by atoms with E-state index in [4.69, 9.17) is 0 Å². The lowest BCUT2D eigenvalue weighted by molar-refractivity contribution is -0.655. The third kappa shape index (κ3) is 3.65. The fraction of sp³-hybridized carbons (Fsp3) is 0.0400. The van der Waals surface area contributed by atoms with Crippen molar-refractivity contribution >= 4 is 39.7 Å². The van der Waals surface area contributed by atoms with Crippen LogP contribution in [0.2, 0.25) is 0 Å². The Hall–Kier alpha value is -3.28. The zero-order valence-electron chi connectivity index (χ0n) is 16.5. The maximum atomic E-state index is 4.49. The highest BCUT2D eigenvalue weighted by molar-refractivity contribution is 7.13. The summed E-state index contributed by atoms with van der Waals surface area (Å²) in [5, 5.41) is 6.40. The largest absolute Gasteiger partial charge is 0.310 e. The molecule has 5 heteroatoms. The minimum atomic E-state index is 1.03. The first kappa shape index (κ1) is 18.7. The lowest BCUT2D eigenvalue weighted by Gasteiger charge is -2.26. The summed E-state index contributed by atoms with van der Waals surface area (Å²) in [6, 6.07) is 27.8. The van der Waals surface area contributed by atoms with Crippen LogP contribution in [0.5, 0.6) is 0 Å². The number of hydrogen-bond donors (Lipinski definition) is 0. The van der Waals surface area contributed by atoms with Gasteiger partial charge in [0, 0.05) is 34.2 Å². The summed E-state index contributed by atoms with van der Waals surface area (Å²) in [4.78, 5) is 6.79. The predicted molar refractivity (Wildman–Crippen MR) is 127 cm³/mol.